The van der Waals surface area contributed by atoms with Crippen molar-refractivity contribution in [2.24, 2.45) is 0 Å². The summed E-state index contributed by atoms with van der Waals surface area (Å²) in [5.41, 5.74) is 0.762. The van der Waals surface area contributed by atoms with Gasteiger partial charge in [0.15, 0.2) is 9.84 Å². The van der Waals surface area contributed by atoms with E-state index in [-0.39, 0.29) is 24.1 Å². The average Bonchev–Trinajstić information content (AvgIpc) is 2.31. The van der Waals surface area contributed by atoms with E-state index in [1.54, 1.807) is 26.0 Å². The predicted octanol–water partition coefficient (Wildman–Crippen LogP) is 2.11. The molecule has 5 heteroatoms. The summed E-state index contributed by atoms with van der Waals surface area (Å²) in [7, 11) is -3.10. The molecule has 0 saturated heterocycles. The van der Waals surface area contributed by atoms with Crippen LogP contribution in [0.1, 0.15) is 31.7 Å². The molecule has 0 amide bonds. The number of halogens is 1. The van der Waals surface area contributed by atoms with Gasteiger partial charge in [-0.15, -0.1) is 0 Å². The first-order valence-corrected chi connectivity index (χ1v) is 7.66. The molecule has 1 N–H and O–H groups in total. The molecule has 18 heavy (non-hydrogen) atoms. The molecule has 0 spiro atoms. The molecular weight excluding hydrogens is 255 g/mol. The number of hydrogen-bond acceptors (Lipinski definition) is 3. The molecule has 0 aliphatic carbocycles. The summed E-state index contributed by atoms with van der Waals surface area (Å²) in [6, 6.07) is 5.79. The van der Waals surface area contributed by atoms with Gasteiger partial charge in [-0.25, -0.2) is 12.8 Å². The van der Waals surface area contributed by atoms with E-state index in [1.165, 1.54) is 12.1 Å². The first-order valence-electron chi connectivity index (χ1n) is 5.94. The van der Waals surface area contributed by atoms with Gasteiger partial charge in [0.05, 0.1) is 11.0 Å². The second-order valence-corrected chi connectivity index (χ2v) is 7.31. The maximum atomic E-state index is 12.8. The van der Waals surface area contributed by atoms with Crippen molar-refractivity contribution in [2.75, 3.05) is 12.4 Å². The quantitative estimate of drug-likeness (QED) is 0.864. The van der Waals surface area contributed by atoms with E-state index >= 15 is 0 Å². The smallest absolute Gasteiger partial charge is 0.152 e. The third-order valence-electron chi connectivity index (χ3n) is 3.03. The van der Waals surface area contributed by atoms with E-state index in [1.807, 2.05) is 0 Å². The summed E-state index contributed by atoms with van der Waals surface area (Å²) in [6.07, 6.45) is 0.350. The Labute approximate surface area is 108 Å². The van der Waals surface area contributed by atoms with E-state index in [4.69, 9.17) is 0 Å². The molecule has 1 rings (SSSR count). The lowest BCUT2D eigenvalue weighted by atomic mass is 9.97. The number of hydrogen-bond donors (Lipinski definition) is 1. The molecule has 102 valence electrons. The Hall–Kier alpha value is -0.940. The van der Waals surface area contributed by atoms with Crippen molar-refractivity contribution in [1.29, 1.82) is 0 Å². The molecule has 0 radical (unpaired) electrons. The minimum absolute atomic E-state index is 0.0350. The van der Waals surface area contributed by atoms with Gasteiger partial charge in [-0.3, -0.25) is 0 Å². The highest BCUT2D eigenvalue weighted by molar-refractivity contribution is 7.91. The summed E-state index contributed by atoms with van der Waals surface area (Å²) >= 11 is 0. The van der Waals surface area contributed by atoms with Crippen molar-refractivity contribution in [3.63, 3.8) is 0 Å². The number of sulfone groups is 1. The summed E-state index contributed by atoms with van der Waals surface area (Å²) in [4.78, 5) is 0. The van der Waals surface area contributed by atoms with Crippen molar-refractivity contribution < 1.29 is 17.9 Å². The lowest BCUT2D eigenvalue weighted by Crippen LogP contribution is -2.20. The number of rotatable bonds is 6. The number of aliphatic hydroxyl groups excluding tert-OH is 1. The van der Waals surface area contributed by atoms with Gasteiger partial charge >= 0.3 is 0 Å². The van der Waals surface area contributed by atoms with Crippen LogP contribution in [0.5, 0.6) is 0 Å². The van der Waals surface area contributed by atoms with Crippen LogP contribution in [0, 0.1) is 5.82 Å². The van der Waals surface area contributed by atoms with Gasteiger partial charge in [-0.05, 0) is 38.0 Å². The third-order valence-corrected chi connectivity index (χ3v) is 5.27. The maximum absolute atomic E-state index is 12.8. The second kappa shape index (κ2) is 6.29. The van der Waals surface area contributed by atoms with Crippen LogP contribution in [0.2, 0.25) is 0 Å². The molecule has 1 aromatic rings. The molecule has 0 aromatic heterocycles. The normalized spacial score (nSPS) is 13.8. The molecule has 0 bridgehead atoms. The zero-order valence-electron chi connectivity index (χ0n) is 10.6. The van der Waals surface area contributed by atoms with Gasteiger partial charge < -0.3 is 5.11 Å². The predicted molar refractivity (Wildman–Crippen MR) is 69.8 cm³/mol. The van der Waals surface area contributed by atoms with Crippen LogP contribution in [0.3, 0.4) is 0 Å². The monoisotopic (exact) mass is 274 g/mol. The van der Waals surface area contributed by atoms with Crippen molar-refractivity contribution in [1.82, 2.24) is 0 Å². The Bertz CT molecular complexity index is 466. The summed E-state index contributed by atoms with van der Waals surface area (Å²) in [6.45, 7) is 3.14. The molecule has 1 unspecified atom stereocenters. The Morgan fingerprint density at radius 1 is 1.22 bits per heavy atom. The molecule has 0 saturated carbocycles. The molecule has 0 aliphatic rings. The number of benzene rings is 1. The Morgan fingerprint density at radius 3 is 2.22 bits per heavy atom. The van der Waals surface area contributed by atoms with Gasteiger partial charge in [0.1, 0.15) is 5.82 Å². The van der Waals surface area contributed by atoms with Crippen LogP contribution in [-0.2, 0) is 9.84 Å². The van der Waals surface area contributed by atoms with Crippen LogP contribution < -0.4 is 0 Å². The molecular formula is C13H19FO3S. The zero-order valence-corrected chi connectivity index (χ0v) is 11.5. The molecule has 0 aliphatic heterocycles. The van der Waals surface area contributed by atoms with Crippen molar-refractivity contribution >= 4 is 9.84 Å². The van der Waals surface area contributed by atoms with Gasteiger partial charge in [0, 0.05) is 12.5 Å². The SMILES string of the molecule is CC(C)S(=O)(=O)CCC(CO)c1ccc(F)cc1. The van der Waals surface area contributed by atoms with Crippen molar-refractivity contribution in [2.45, 2.75) is 31.4 Å². The fourth-order valence-corrected chi connectivity index (χ4v) is 2.72. The standard InChI is InChI=1S/C13H19FO3S/c1-10(2)18(16,17)8-7-12(9-15)11-3-5-13(14)6-4-11/h3-6,10,12,15H,7-9H2,1-2H3. The second-order valence-electron chi connectivity index (χ2n) is 4.64. The maximum Gasteiger partial charge on any atom is 0.152 e. The lowest BCUT2D eigenvalue weighted by Gasteiger charge is -2.15. The highest BCUT2D eigenvalue weighted by Crippen LogP contribution is 2.21. The Kier molecular flexibility index (Phi) is 5.28. The zero-order chi connectivity index (χ0) is 13.8. The lowest BCUT2D eigenvalue weighted by molar-refractivity contribution is 0.262. The third kappa shape index (κ3) is 4.07. The van der Waals surface area contributed by atoms with Crippen LogP contribution in [-0.4, -0.2) is 31.1 Å². The van der Waals surface area contributed by atoms with E-state index in [2.05, 4.69) is 0 Å². The molecule has 3 nitrogen and oxygen atoms in total. The van der Waals surface area contributed by atoms with Crippen LogP contribution >= 0.6 is 0 Å². The molecule has 0 fully saturated rings. The first kappa shape index (κ1) is 15.1. The minimum atomic E-state index is -3.10. The van der Waals surface area contributed by atoms with Crippen LogP contribution in [0.25, 0.3) is 0 Å². The van der Waals surface area contributed by atoms with E-state index in [0.717, 1.165) is 5.56 Å². The highest BCUT2D eigenvalue weighted by Gasteiger charge is 2.19. The largest absolute Gasteiger partial charge is 0.396 e. The fourth-order valence-electron chi connectivity index (χ4n) is 1.64. The van der Waals surface area contributed by atoms with Gasteiger partial charge in [-0.2, -0.15) is 0 Å². The van der Waals surface area contributed by atoms with Crippen LogP contribution in [0.15, 0.2) is 24.3 Å². The Morgan fingerprint density at radius 2 is 1.78 bits per heavy atom. The van der Waals surface area contributed by atoms with Gasteiger partial charge in [0.25, 0.3) is 0 Å². The minimum Gasteiger partial charge on any atom is -0.396 e. The molecule has 1 aromatic carbocycles. The molecule has 0 heterocycles. The van der Waals surface area contributed by atoms with Crippen molar-refractivity contribution in [3.8, 4) is 0 Å². The fraction of sp³-hybridized carbons (Fsp3) is 0.538. The molecule has 1 atom stereocenters. The highest BCUT2D eigenvalue weighted by atomic mass is 32.2. The van der Waals surface area contributed by atoms with E-state index < -0.39 is 15.1 Å². The Balaban J connectivity index is 2.72. The van der Waals surface area contributed by atoms with Crippen molar-refractivity contribution in [3.05, 3.63) is 35.6 Å². The summed E-state index contributed by atoms with van der Waals surface area (Å²) < 4.78 is 36.2. The number of aliphatic hydroxyl groups is 1. The van der Waals surface area contributed by atoms with E-state index in [9.17, 15) is 17.9 Å². The van der Waals surface area contributed by atoms with Crippen LogP contribution in [0.4, 0.5) is 4.39 Å². The summed E-state index contributed by atoms with van der Waals surface area (Å²) in [5, 5.41) is 8.88. The average molecular weight is 274 g/mol. The van der Waals surface area contributed by atoms with Gasteiger partial charge in [0.2, 0.25) is 0 Å². The summed E-state index contributed by atoms with van der Waals surface area (Å²) in [5.74, 6) is -0.572. The first-order chi connectivity index (χ1) is 8.36. The van der Waals surface area contributed by atoms with E-state index in [0.29, 0.717) is 6.42 Å². The topological polar surface area (TPSA) is 54.4 Å². The van der Waals surface area contributed by atoms with Gasteiger partial charge in [-0.1, -0.05) is 12.1 Å².